The Balaban J connectivity index is 2.94. The standard InChI is InChI=1S/C8H9Br2NO2S/c1-6-2-3-7(4-8(6)10)11-14(12,13)5-9/h2-4,11H,5H2,1H3. The minimum absolute atomic E-state index is 0.106. The minimum Gasteiger partial charge on any atom is -0.283 e. The molecule has 0 fully saturated rings. The van der Waals surface area contributed by atoms with Gasteiger partial charge in [-0.05, 0) is 24.6 Å². The number of alkyl halides is 1. The van der Waals surface area contributed by atoms with Crippen LogP contribution in [0.3, 0.4) is 0 Å². The molecule has 0 aliphatic carbocycles. The van der Waals surface area contributed by atoms with Crippen molar-refractivity contribution >= 4 is 47.6 Å². The topological polar surface area (TPSA) is 46.2 Å². The van der Waals surface area contributed by atoms with E-state index >= 15 is 0 Å². The van der Waals surface area contributed by atoms with Gasteiger partial charge in [-0.25, -0.2) is 8.42 Å². The average molecular weight is 343 g/mol. The lowest BCUT2D eigenvalue weighted by molar-refractivity contribution is 0.606. The lowest BCUT2D eigenvalue weighted by atomic mass is 10.2. The third-order valence-electron chi connectivity index (χ3n) is 1.59. The summed E-state index contributed by atoms with van der Waals surface area (Å²) in [6, 6.07) is 5.30. The number of hydrogen-bond acceptors (Lipinski definition) is 2. The zero-order valence-corrected chi connectivity index (χ0v) is 11.4. The summed E-state index contributed by atoms with van der Waals surface area (Å²) in [5.74, 6) is 0. The predicted molar refractivity (Wildman–Crippen MR) is 65.2 cm³/mol. The fourth-order valence-corrected chi connectivity index (χ4v) is 2.13. The second-order valence-corrected chi connectivity index (χ2v) is 6.67. The van der Waals surface area contributed by atoms with Gasteiger partial charge >= 0.3 is 0 Å². The van der Waals surface area contributed by atoms with Crippen LogP contribution in [0.4, 0.5) is 5.69 Å². The zero-order chi connectivity index (χ0) is 10.8. The molecule has 6 heteroatoms. The first-order valence-electron chi connectivity index (χ1n) is 3.77. The first-order chi connectivity index (χ1) is 6.44. The van der Waals surface area contributed by atoms with E-state index in [1.807, 2.05) is 13.0 Å². The van der Waals surface area contributed by atoms with Crippen LogP contribution >= 0.6 is 31.9 Å². The highest BCUT2D eigenvalue weighted by atomic mass is 79.9. The Labute approximate surface area is 100 Å². The van der Waals surface area contributed by atoms with E-state index in [2.05, 4.69) is 36.6 Å². The summed E-state index contributed by atoms with van der Waals surface area (Å²) in [5, 5.41) is 0. The van der Waals surface area contributed by atoms with Crippen LogP contribution in [0, 0.1) is 6.92 Å². The molecular formula is C8H9Br2NO2S. The number of hydrogen-bond donors (Lipinski definition) is 1. The minimum atomic E-state index is -3.26. The van der Waals surface area contributed by atoms with Gasteiger partial charge in [0.05, 0.1) is 0 Å². The summed E-state index contributed by atoms with van der Waals surface area (Å²) in [6.07, 6.45) is 0. The highest BCUT2D eigenvalue weighted by molar-refractivity contribution is 9.11. The van der Waals surface area contributed by atoms with Crippen molar-refractivity contribution in [3.05, 3.63) is 28.2 Å². The Morgan fingerprint density at radius 2 is 2.07 bits per heavy atom. The Morgan fingerprint density at radius 1 is 1.43 bits per heavy atom. The molecule has 3 nitrogen and oxygen atoms in total. The molecule has 1 aromatic carbocycles. The van der Waals surface area contributed by atoms with Crippen LogP contribution < -0.4 is 4.72 Å². The highest BCUT2D eigenvalue weighted by Gasteiger charge is 2.07. The lowest BCUT2D eigenvalue weighted by Gasteiger charge is -2.06. The molecule has 1 rings (SSSR count). The number of rotatable bonds is 3. The predicted octanol–water partition coefficient (Wildman–Crippen LogP) is 2.85. The van der Waals surface area contributed by atoms with Crippen LogP contribution in [0.25, 0.3) is 0 Å². The van der Waals surface area contributed by atoms with Gasteiger partial charge in [0, 0.05) is 10.2 Å². The molecule has 0 saturated heterocycles. The first kappa shape index (κ1) is 12.0. The molecule has 1 aromatic rings. The molecule has 0 aliphatic heterocycles. The second-order valence-electron chi connectivity index (χ2n) is 2.79. The number of benzene rings is 1. The number of halogens is 2. The Hall–Kier alpha value is -0.0700. The largest absolute Gasteiger partial charge is 0.283 e. The molecule has 0 heterocycles. The zero-order valence-electron chi connectivity index (χ0n) is 7.42. The Bertz CT molecular complexity index is 431. The molecule has 14 heavy (non-hydrogen) atoms. The van der Waals surface area contributed by atoms with E-state index in [-0.39, 0.29) is 4.66 Å². The molecule has 0 bridgehead atoms. The van der Waals surface area contributed by atoms with E-state index in [0.717, 1.165) is 10.0 Å². The number of aryl methyl sites for hydroxylation is 1. The molecule has 0 aliphatic rings. The van der Waals surface area contributed by atoms with E-state index in [0.29, 0.717) is 5.69 Å². The highest BCUT2D eigenvalue weighted by Crippen LogP contribution is 2.21. The van der Waals surface area contributed by atoms with Crippen molar-refractivity contribution in [3.63, 3.8) is 0 Å². The molecule has 0 radical (unpaired) electrons. The maximum atomic E-state index is 11.2. The van der Waals surface area contributed by atoms with E-state index in [1.165, 1.54) is 0 Å². The molecule has 0 amide bonds. The van der Waals surface area contributed by atoms with Crippen molar-refractivity contribution in [1.29, 1.82) is 0 Å². The van der Waals surface area contributed by atoms with Crippen molar-refractivity contribution < 1.29 is 8.42 Å². The average Bonchev–Trinajstić information content (AvgIpc) is 2.11. The maximum absolute atomic E-state index is 11.2. The van der Waals surface area contributed by atoms with Gasteiger partial charge in [0.25, 0.3) is 0 Å². The number of anilines is 1. The van der Waals surface area contributed by atoms with E-state index in [1.54, 1.807) is 12.1 Å². The smallest absolute Gasteiger partial charge is 0.242 e. The SMILES string of the molecule is Cc1ccc(NS(=O)(=O)CBr)cc1Br. The van der Waals surface area contributed by atoms with Crippen molar-refractivity contribution in [3.8, 4) is 0 Å². The summed E-state index contributed by atoms with van der Waals surface area (Å²) < 4.78 is 25.6. The fourth-order valence-electron chi connectivity index (χ4n) is 0.863. The maximum Gasteiger partial charge on any atom is 0.242 e. The van der Waals surface area contributed by atoms with Crippen LogP contribution in [0.2, 0.25) is 0 Å². The molecule has 0 atom stereocenters. The molecule has 78 valence electrons. The summed E-state index contributed by atoms with van der Waals surface area (Å²) in [6.45, 7) is 1.94. The monoisotopic (exact) mass is 341 g/mol. The van der Waals surface area contributed by atoms with Gasteiger partial charge in [-0.3, -0.25) is 4.72 Å². The fraction of sp³-hybridized carbons (Fsp3) is 0.250. The van der Waals surface area contributed by atoms with E-state index < -0.39 is 10.0 Å². The third-order valence-corrected chi connectivity index (χ3v) is 5.09. The van der Waals surface area contributed by atoms with Crippen LogP contribution in [-0.4, -0.2) is 13.1 Å². The van der Waals surface area contributed by atoms with Crippen LogP contribution in [0.1, 0.15) is 5.56 Å². The van der Waals surface area contributed by atoms with E-state index in [4.69, 9.17) is 0 Å². The van der Waals surface area contributed by atoms with Crippen LogP contribution in [0.15, 0.2) is 22.7 Å². The first-order valence-corrected chi connectivity index (χ1v) is 7.34. The van der Waals surface area contributed by atoms with Crippen molar-refractivity contribution in [2.24, 2.45) is 0 Å². The van der Waals surface area contributed by atoms with Gasteiger partial charge in [0.2, 0.25) is 10.0 Å². The van der Waals surface area contributed by atoms with Gasteiger partial charge in [0.15, 0.2) is 0 Å². The lowest BCUT2D eigenvalue weighted by Crippen LogP contribution is -2.13. The normalized spacial score (nSPS) is 11.4. The van der Waals surface area contributed by atoms with Crippen LogP contribution in [-0.2, 0) is 10.0 Å². The molecule has 0 aromatic heterocycles. The van der Waals surface area contributed by atoms with Gasteiger partial charge in [-0.15, -0.1) is 0 Å². The van der Waals surface area contributed by atoms with E-state index in [9.17, 15) is 8.42 Å². The molecule has 0 spiro atoms. The van der Waals surface area contributed by atoms with Crippen molar-refractivity contribution in [1.82, 2.24) is 0 Å². The van der Waals surface area contributed by atoms with Gasteiger partial charge in [0.1, 0.15) is 4.66 Å². The third kappa shape index (κ3) is 3.25. The van der Waals surface area contributed by atoms with Gasteiger partial charge in [-0.2, -0.15) is 0 Å². The molecule has 0 saturated carbocycles. The molecular weight excluding hydrogens is 334 g/mol. The second kappa shape index (κ2) is 4.63. The quantitative estimate of drug-likeness (QED) is 0.858. The summed E-state index contributed by atoms with van der Waals surface area (Å²) in [5.41, 5.74) is 1.62. The number of sulfonamides is 1. The molecule has 0 unspecified atom stereocenters. The Morgan fingerprint density at radius 3 is 2.57 bits per heavy atom. The van der Waals surface area contributed by atoms with Crippen LogP contribution in [0.5, 0.6) is 0 Å². The summed E-state index contributed by atoms with van der Waals surface area (Å²) in [7, 11) is -3.26. The Kier molecular flexibility index (Phi) is 3.97. The van der Waals surface area contributed by atoms with Crippen molar-refractivity contribution in [2.45, 2.75) is 6.92 Å². The number of nitrogens with one attached hydrogen (secondary N) is 1. The van der Waals surface area contributed by atoms with Gasteiger partial charge in [-0.1, -0.05) is 37.9 Å². The summed E-state index contributed by atoms with van der Waals surface area (Å²) in [4.78, 5) is 0. The van der Waals surface area contributed by atoms with Crippen molar-refractivity contribution in [2.75, 3.05) is 9.38 Å². The molecule has 1 N–H and O–H groups in total. The van der Waals surface area contributed by atoms with Gasteiger partial charge < -0.3 is 0 Å². The summed E-state index contributed by atoms with van der Waals surface area (Å²) >= 11 is 6.23.